The van der Waals surface area contributed by atoms with E-state index >= 15 is 0 Å². The molecule has 16 heavy (non-hydrogen) atoms. The van der Waals surface area contributed by atoms with Crippen LogP contribution in [0.5, 0.6) is 0 Å². The standard InChI is InChI=1S/C12H23N3S/c1-9(13)11(12(2,3)4)15(5)6-10-7-16-8-14-10/h7-9,11H,6,13H2,1-5H3. The fourth-order valence-corrected chi connectivity index (χ4v) is 3.07. The summed E-state index contributed by atoms with van der Waals surface area (Å²) in [4.78, 5) is 6.62. The van der Waals surface area contributed by atoms with E-state index in [-0.39, 0.29) is 11.5 Å². The fourth-order valence-electron chi connectivity index (χ4n) is 2.52. The van der Waals surface area contributed by atoms with Crippen molar-refractivity contribution in [1.82, 2.24) is 9.88 Å². The number of aromatic nitrogens is 1. The summed E-state index contributed by atoms with van der Waals surface area (Å²) in [5.74, 6) is 0. The maximum atomic E-state index is 6.09. The minimum Gasteiger partial charge on any atom is -0.327 e. The Morgan fingerprint density at radius 1 is 1.50 bits per heavy atom. The zero-order chi connectivity index (χ0) is 12.3. The van der Waals surface area contributed by atoms with Crippen LogP contribution in [0.25, 0.3) is 0 Å². The Morgan fingerprint density at radius 3 is 2.50 bits per heavy atom. The van der Waals surface area contributed by atoms with Crippen LogP contribution in [0.2, 0.25) is 0 Å². The van der Waals surface area contributed by atoms with Crippen molar-refractivity contribution in [3.05, 3.63) is 16.6 Å². The van der Waals surface area contributed by atoms with Crippen LogP contribution in [0.15, 0.2) is 10.9 Å². The van der Waals surface area contributed by atoms with Crippen molar-refractivity contribution in [3.63, 3.8) is 0 Å². The van der Waals surface area contributed by atoms with Gasteiger partial charge in [0.2, 0.25) is 0 Å². The molecule has 1 heterocycles. The Balaban J connectivity index is 2.72. The predicted molar refractivity (Wildman–Crippen MR) is 70.5 cm³/mol. The molecule has 3 nitrogen and oxygen atoms in total. The largest absolute Gasteiger partial charge is 0.327 e. The summed E-state index contributed by atoms with van der Waals surface area (Å²) in [6.07, 6.45) is 0. The van der Waals surface area contributed by atoms with Crippen LogP contribution < -0.4 is 5.73 Å². The molecule has 2 atom stereocenters. The normalized spacial score (nSPS) is 16.4. The minimum atomic E-state index is 0.156. The van der Waals surface area contributed by atoms with Gasteiger partial charge >= 0.3 is 0 Å². The highest BCUT2D eigenvalue weighted by atomic mass is 32.1. The van der Waals surface area contributed by atoms with Crippen LogP contribution in [0.4, 0.5) is 0 Å². The highest BCUT2D eigenvalue weighted by Gasteiger charge is 2.31. The van der Waals surface area contributed by atoms with Crippen molar-refractivity contribution in [2.24, 2.45) is 11.1 Å². The Labute approximate surface area is 103 Å². The van der Waals surface area contributed by atoms with Crippen LogP contribution in [0.3, 0.4) is 0 Å². The Kier molecular flexibility index (Phi) is 4.47. The SMILES string of the molecule is CC(N)C(N(C)Cc1cscn1)C(C)(C)C. The predicted octanol–water partition coefficient (Wildman–Crippen LogP) is 2.34. The molecule has 0 bridgehead atoms. The summed E-state index contributed by atoms with van der Waals surface area (Å²) in [7, 11) is 2.12. The molecule has 0 aliphatic rings. The van der Waals surface area contributed by atoms with Gasteiger partial charge in [0.15, 0.2) is 0 Å². The van der Waals surface area contributed by atoms with E-state index in [4.69, 9.17) is 5.73 Å². The number of thiazole rings is 1. The van der Waals surface area contributed by atoms with Gasteiger partial charge in [-0.3, -0.25) is 4.90 Å². The molecule has 0 aliphatic heterocycles. The number of nitrogens with two attached hydrogens (primary N) is 1. The van der Waals surface area contributed by atoms with Gasteiger partial charge in [0.1, 0.15) is 0 Å². The second-order valence-electron chi connectivity index (χ2n) is 5.56. The lowest BCUT2D eigenvalue weighted by Crippen LogP contribution is -2.51. The minimum absolute atomic E-state index is 0.156. The van der Waals surface area contributed by atoms with Gasteiger partial charge in [-0.1, -0.05) is 20.8 Å². The van der Waals surface area contributed by atoms with Crippen LogP contribution in [-0.4, -0.2) is 29.0 Å². The Hall–Kier alpha value is -0.450. The maximum absolute atomic E-state index is 6.09. The van der Waals surface area contributed by atoms with Crippen LogP contribution >= 0.6 is 11.3 Å². The summed E-state index contributed by atoms with van der Waals surface area (Å²) >= 11 is 1.64. The number of likely N-dealkylation sites (N-methyl/N-ethyl adjacent to an activating group) is 1. The molecular weight excluding hydrogens is 218 g/mol. The van der Waals surface area contributed by atoms with Crippen molar-refractivity contribution in [3.8, 4) is 0 Å². The smallest absolute Gasteiger partial charge is 0.0795 e. The monoisotopic (exact) mass is 241 g/mol. The molecule has 0 amide bonds. The first-order chi connectivity index (χ1) is 7.32. The number of hydrogen-bond acceptors (Lipinski definition) is 4. The van der Waals surface area contributed by atoms with Gasteiger partial charge in [-0.2, -0.15) is 0 Å². The summed E-state index contributed by atoms with van der Waals surface area (Å²) in [5, 5.41) is 2.09. The van der Waals surface area contributed by atoms with E-state index in [1.807, 2.05) is 5.51 Å². The van der Waals surface area contributed by atoms with E-state index in [1.54, 1.807) is 11.3 Å². The van der Waals surface area contributed by atoms with E-state index in [0.717, 1.165) is 12.2 Å². The molecule has 1 aromatic rings. The molecule has 0 aromatic carbocycles. The molecule has 4 heteroatoms. The lowest BCUT2D eigenvalue weighted by Gasteiger charge is -2.40. The van der Waals surface area contributed by atoms with Crippen molar-refractivity contribution in [2.75, 3.05) is 7.05 Å². The first-order valence-electron chi connectivity index (χ1n) is 5.65. The van der Waals surface area contributed by atoms with Gasteiger partial charge < -0.3 is 5.73 Å². The number of nitrogens with zero attached hydrogens (tertiary/aromatic N) is 2. The van der Waals surface area contributed by atoms with Crippen LogP contribution in [-0.2, 0) is 6.54 Å². The third-order valence-corrected chi connectivity index (χ3v) is 3.39. The first kappa shape index (κ1) is 13.6. The van der Waals surface area contributed by atoms with Crippen LogP contribution in [0.1, 0.15) is 33.4 Å². The summed E-state index contributed by atoms with van der Waals surface area (Å²) < 4.78 is 0. The average molecular weight is 241 g/mol. The van der Waals surface area contributed by atoms with E-state index < -0.39 is 0 Å². The second kappa shape index (κ2) is 5.25. The van der Waals surface area contributed by atoms with E-state index in [0.29, 0.717) is 6.04 Å². The van der Waals surface area contributed by atoms with E-state index in [2.05, 4.69) is 50.0 Å². The molecule has 0 radical (unpaired) electrons. The van der Waals surface area contributed by atoms with Crippen LogP contribution in [0, 0.1) is 5.41 Å². The van der Waals surface area contributed by atoms with Gasteiger partial charge in [-0.25, -0.2) is 4.98 Å². The van der Waals surface area contributed by atoms with Gasteiger partial charge in [0, 0.05) is 24.0 Å². The molecule has 2 N–H and O–H groups in total. The molecule has 1 rings (SSSR count). The van der Waals surface area contributed by atoms with E-state index in [9.17, 15) is 0 Å². The lowest BCUT2D eigenvalue weighted by molar-refractivity contribution is 0.0994. The molecule has 1 aromatic heterocycles. The molecule has 0 saturated heterocycles. The van der Waals surface area contributed by atoms with Gasteiger partial charge in [0.25, 0.3) is 0 Å². The summed E-state index contributed by atoms with van der Waals surface area (Å²) in [6.45, 7) is 9.65. The molecule has 92 valence electrons. The number of rotatable bonds is 4. The van der Waals surface area contributed by atoms with Crippen molar-refractivity contribution in [1.29, 1.82) is 0 Å². The molecule has 0 saturated carbocycles. The van der Waals surface area contributed by atoms with Gasteiger partial charge in [-0.05, 0) is 19.4 Å². The molecule has 0 aliphatic carbocycles. The summed E-state index contributed by atoms with van der Waals surface area (Å²) in [6, 6.07) is 0.512. The zero-order valence-electron chi connectivity index (χ0n) is 10.9. The highest BCUT2D eigenvalue weighted by Crippen LogP contribution is 2.26. The third kappa shape index (κ3) is 3.54. The van der Waals surface area contributed by atoms with Crippen molar-refractivity contribution in [2.45, 2.75) is 46.3 Å². The molecule has 0 fully saturated rings. The summed E-state index contributed by atoms with van der Waals surface area (Å²) in [5.41, 5.74) is 9.28. The Morgan fingerprint density at radius 2 is 2.12 bits per heavy atom. The lowest BCUT2D eigenvalue weighted by atomic mass is 9.82. The van der Waals surface area contributed by atoms with E-state index in [1.165, 1.54) is 0 Å². The molecular formula is C12H23N3S. The maximum Gasteiger partial charge on any atom is 0.0795 e. The van der Waals surface area contributed by atoms with Crippen molar-refractivity contribution < 1.29 is 0 Å². The van der Waals surface area contributed by atoms with Gasteiger partial charge in [-0.15, -0.1) is 11.3 Å². The highest BCUT2D eigenvalue weighted by molar-refractivity contribution is 7.07. The van der Waals surface area contributed by atoms with Crippen molar-refractivity contribution >= 4 is 11.3 Å². The first-order valence-corrected chi connectivity index (χ1v) is 6.59. The average Bonchev–Trinajstić information content (AvgIpc) is 2.52. The molecule has 2 unspecified atom stereocenters. The quantitative estimate of drug-likeness (QED) is 0.880. The Bertz CT molecular complexity index is 301. The second-order valence-corrected chi connectivity index (χ2v) is 6.28. The molecule has 0 spiro atoms. The number of hydrogen-bond donors (Lipinski definition) is 1. The topological polar surface area (TPSA) is 42.1 Å². The zero-order valence-corrected chi connectivity index (χ0v) is 11.7. The third-order valence-electron chi connectivity index (χ3n) is 2.76. The fraction of sp³-hybridized carbons (Fsp3) is 0.750. The van der Waals surface area contributed by atoms with Gasteiger partial charge in [0.05, 0.1) is 11.2 Å².